The third kappa shape index (κ3) is 5.16. The molecule has 0 radical (unpaired) electrons. The fraction of sp³-hybridized carbons (Fsp3) is 0.269. The van der Waals surface area contributed by atoms with Gasteiger partial charge in [-0.1, -0.05) is 26.0 Å². The Morgan fingerprint density at radius 3 is 2.54 bits per heavy atom. The van der Waals surface area contributed by atoms with E-state index in [0.29, 0.717) is 38.4 Å². The van der Waals surface area contributed by atoms with Crippen LogP contribution in [0.5, 0.6) is 5.75 Å². The summed E-state index contributed by atoms with van der Waals surface area (Å²) in [5, 5.41) is 5.88. The summed E-state index contributed by atoms with van der Waals surface area (Å²) < 4.78 is 10.5. The largest absolute Gasteiger partial charge is 0.497 e. The molecule has 7 nitrogen and oxygen atoms in total. The van der Waals surface area contributed by atoms with Crippen molar-refractivity contribution in [2.75, 3.05) is 24.8 Å². The molecule has 4 rings (SSSR count). The number of hydrogen-bond acceptors (Lipinski definition) is 8. The molecule has 1 amide bonds. The first-order chi connectivity index (χ1) is 16.8. The smallest absolute Gasteiger partial charge is 0.341 e. The van der Waals surface area contributed by atoms with Crippen molar-refractivity contribution in [3.63, 3.8) is 0 Å². The second-order valence-corrected chi connectivity index (χ2v) is 10.2. The van der Waals surface area contributed by atoms with E-state index in [1.165, 1.54) is 22.7 Å². The van der Waals surface area contributed by atoms with Gasteiger partial charge in [-0.15, -0.1) is 22.7 Å². The van der Waals surface area contributed by atoms with E-state index in [2.05, 4.69) is 19.2 Å². The van der Waals surface area contributed by atoms with E-state index >= 15 is 0 Å². The Morgan fingerprint density at radius 2 is 1.89 bits per heavy atom. The average Bonchev–Trinajstić information content (AvgIpc) is 3.39. The van der Waals surface area contributed by atoms with Gasteiger partial charge in [-0.3, -0.25) is 4.79 Å². The van der Waals surface area contributed by atoms with E-state index < -0.39 is 5.97 Å². The number of nitrogen functional groups attached to an aromatic ring is 1. The Hall–Kier alpha value is -3.43. The molecular formula is C26H27N3O4S2. The van der Waals surface area contributed by atoms with Crippen LogP contribution in [-0.4, -0.2) is 30.6 Å². The maximum Gasteiger partial charge on any atom is 0.341 e. The molecule has 0 fully saturated rings. The molecule has 1 aromatic carbocycles. The normalized spacial score (nSPS) is 11.1. The van der Waals surface area contributed by atoms with Gasteiger partial charge < -0.3 is 20.5 Å². The molecule has 0 aliphatic carbocycles. The zero-order chi connectivity index (χ0) is 25.1. The highest BCUT2D eigenvalue weighted by Gasteiger charge is 2.25. The predicted molar refractivity (Wildman–Crippen MR) is 143 cm³/mol. The van der Waals surface area contributed by atoms with Gasteiger partial charge in [0.15, 0.2) is 0 Å². The van der Waals surface area contributed by atoms with Crippen LogP contribution in [0.3, 0.4) is 0 Å². The number of carbonyl (C=O) groups is 2. The number of amides is 1. The summed E-state index contributed by atoms with van der Waals surface area (Å²) in [5.74, 6) is 0.296. The Morgan fingerprint density at radius 1 is 1.14 bits per heavy atom. The van der Waals surface area contributed by atoms with Crippen molar-refractivity contribution in [2.24, 2.45) is 5.92 Å². The SMILES string of the molecule is CCOC(=O)c1c(-c2ccc(OC)cc2)csc1NC(=O)c1sc2nc(CC(C)C)ccc2c1N. The lowest BCUT2D eigenvalue weighted by Crippen LogP contribution is -2.14. The van der Waals surface area contributed by atoms with Crippen molar-refractivity contribution in [2.45, 2.75) is 27.2 Å². The molecule has 3 heterocycles. The Balaban J connectivity index is 1.68. The number of benzene rings is 1. The number of aromatic nitrogens is 1. The molecule has 0 atom stereocenters. The highest BCUT2D eigenvalue weighted by Crippen LogP contribution is 2.39. The van der Waals surface area contributed by atoms with Gasteiger partial charge in [-0.2, -0.15) is 0 Å². The van der Waals surface area contributed by atoms with Gasteiger partial charge >= 0.3 is 5.97 Å². The Bertz CT molecular complexity index is 1370. The number of pyridine rings is 1. The monoisotopic (exact) mass is 509 g/mol. The predicted octanol–water partition coefficient (Wildman–Crippen LogP) is 6.24. The van der Waals surface area contributed by atoms with Gasteiger partial charge in [0, 0.05) is 22.0 Å². The van der Waals surface area contributed by atoms with Crippen molar-refractivity contribution in [1.29, 1.82) is 0 Å². The molecule has 9 heteroatoms. The van der Waals surface area contributed by atoms with Crippen LogP contribution in [0.25, 0.3) is 21.3 Å². The number of ether oxygens (including phenoxy) is 2. The van der Waals surface area contributed by atoms with Gasteiger partial charge in [-0.25, -0.2) is 9.78 Å². The summed E-state index contributed by atoms with van der Waals surface area (Å²) in [6.07, 6.45) is 0.849. The number of anilines is 2. The lowest BCUT2D eigenvalue weighted by atomic mass is 10.0. The average molecular weight is 510 g/mol. The molecule has 0 saturated heterocycles. The number of nitrogens with two attached hydrogens (primary N) is 1. The van der Waals surface area contributed by atoms with Gasteiger partial charge in [0.05, 0.1) is 19.4 Å². The van der Waals surface area contributed by atoms with Crippen molar-refractivity contribution in [1.82, 2.24) is 4.98 Å². The highest BCUT2D eigenvalue weighted by molar-refractivity contribution is 7.21. The molecule has 0 aliphatic heterocycles. The topological polar surface area (TPSA) is 104 Å². The maximum absolute atomic E-state index is 13.3. The summed E-state index contributed by atoms with van der Waals surface area (Å²) in [6.45, 7) is 6.23. The van der Waals surface area contributed by atoms with Crippen LogP contribution in [0.15, 0.2) is 41.8 Å². The van der Waals surface area contributed by atoms with Crippen LogP contribution in [0, 0.1) is 5.92 Å². The lowest BCUT2D eigenvalue weighted by Gasteiger charge is -2.09. The van der Waals surface area contributed by atoms with Crippen molar-refractivity contribution >= 4 is 55.5 Å². The molecule has 3 N–H and O–H groups in total. The molecule has 0 aliphatic rings. The molecule has 4 aromatic rings. The van der Waals surface area contributed by atoms with Crippen LogP contribution >= 0.6 is 22.7 Å². The molecular weight excluding hydrogens is 482 g/mol. The van der Waals surface area contributed by atoms with Crippen LogP contribution in [-0.2, 0) is 11.2 Å². The van der Waals surface area contributed by atoms with E-state index in [4.69, 9.17) is 20.2 Å². The van der Waals surface area contributed by atoms with Gasteiger partial charge in [-0.05, 0) is 49.1 Å². The molecule has 0 unspecified atom stereocenters. The van der Waals surface area contributed by atoms with Crippen molar-refractivity contribution < 1.29 is 19.1 Å². The first-order valence-corrected chi connectivity index (χ1v) is 12.9. The van der Waals surface area contributed by atoms with E-state index in [0.717, 1.165) is 27.9 Å². The van der Waals surface area contributed by atoms with Gasteiger partial charge in [0.25, 0.3) is 5.91 Å². The second kappa shape index (κ2) is 10.5. The minimum Gasteiger partial charge on any atom is -0.497 e. The van der Waals surface area contributed by atoms with Crippen molar-refractivity contribution in [3.8, 4) is 16.9 Å². The first kappa shape index (κ1) is 24.7. The Kier molecular flexibility index (Phi) is 7.37. The second-order valence-electron chi connectivity index (χ2n) is 8.35. The number of esters is 1. The number of nitrogens with one attached hydrogen (secondary N) is 1. The number of carbonyl (C=O) groups excluding carboxylic acids is 2. The summed E-state index contributed by atoms with van der Waals surface area (Å²) in [5.41, 5.74) is 9.48. The fourth-order valence-electron chi connectivity index (χ4n) is 3.73. The number of thiophene rings is 2. The van der Waals surface area contributed by atoms with E-state index in [1.54, 1.807) is 14.0 Å². The molecule has 0 saturated carbocycles. The standard InChI is InChI=1S/C26H27N3O4S2/c1-5-33-26(31)20-19(15-6-9-17(32-4)10-7-15)13-34-25(20)29-23(30)22-21(27)18-11-8-16(12-14(2)3)28-24(18)35-22/h6-11,13-14H,5,12,27H2,1-4H3,(H,29,30). The number of fused-ring (bicyclic) bond motifs is 1. The minimum absolute atomic E-state index is 0.220. The van der Waals surface area contributed by atoms with Crippen molar-refractivity contribution in [3.05, 3.63) is 57.9 Å². The number of nitrogens with zero attached hydrogens (tertiary/aromatic N) is 1. The summed E-state index contributed by atoms with van der Waals surface area (Å²) in [4.78, 5) is 31.9. The maximum atomic E-state index is 13.3. The molecule has 35 heavy (non-hydrogen) atoms. The van der Waals surface area contributed by atoms with E-state index in [1.807, 2.05) is 41.8 Å². The molecule has 3 aromatic heterocycles. The van der Waals surface area contributed by atoms with Crippen LogP contribution < -0.4 is 15.8 Å². The Labute approximate surface area is 211 Å². The number of hydrogen-bond donors (Lipinski definition) is 2. The third-order valence-corrected chi connectivity index (χ3v) is 7.38. The van der Waals surface area contributed by atoms with Gasteiger partial charge in [0.2, 0.25) is 0 Å². The third-order valence-electron chi connectivity index (χ3n) is 5.37. The summed E-state index contributed by atoms with van der Waals surface area (Å²) in [7, 11) is 1.59. The van der Waals surface area contributed by atoms with Crippen LogP contribution in [0.4, 0.5) is 10.7 Å². The van der Waals surface area contributed by atoms with E-state index in [-0.39, 0.29) is 12.5 Å². The minimum atomic E-state index is -0.501. The highest BCUT2D eigenvalue weighted by atomic mass is 32.1. The summed E-state index contributed by atoms with van der Waals surface area (Å²) in [6, 6.07) is 11.2. The molecule has 182 valence electrons. The fourth-order valence-corrected chi connectivity index (χ4v) is 5.70. The molecule has 0 spiro atoms. The quantitative estimate of drug-likeness (QED) is 0.272. The number of rotatable bonds is 8. The lowest BCUT2D eigenvalue weighted by molar-refractivity contribution is 0.0529. The number of methoxy groups -OCH3 is 1. The first-order valence-electron chi connectivity index (χ1n) is 11.2. The molecule has 0 bridgehead atoms. The summed E-state index contributed by atoms with van der Waals surface area (Å²) >= 11 is 2.52. The van der Waals surface area contributed by atoms with Gasteiger partial charge in [0.1, 0.15) is 26.0 Å². The van der Waals surface area contributed by atoms with Crippen LogP contribution in [0.2, 0.25) is 0 Å². The zero-order valence-corrected chi connectivity index (χ0v) is 21.6. The van der Waals surface area contributed by atoms with Crippen LogP contribution in [0.1, 0.15) is 46.5 Å². The van der Waals surface area contributed by atoms with E-state index in [9.17, 15) is 9.59 Å². The zero-order valence-electron chi connectivity index (χ0n) is 20.0.